The van der Waals surface area contributed by atoms with Gasteiger partial charge in [0, 0.05) is 13.1 Å². The highest BCUT2D eigenvalue weighted by Gasteiger charge is 2.28. The number of nitrogens with one attached hydrogen (secondary N) is 2. The molecule has 1 aliphatic heterocycles. The summed E-state index contributed by atoms with van der Waals surface area (Å²) >= 11 is 0. The highest BCUT2D eigenvalue weighted by atomic mass is 16.4. The van der Waals surface area contributed by atoms with E-state index in [0.717, 1.165) is 17.7 Å². The molecule has 0 saturated heterocycles. The van der Waals surface area contributed by atoms with Crippen molar-refractivity contribution in [3.05, 3.63) is 48.0 Å². The molecule has 2 rings (SSSR count). The van der Waals surface area contributed by atoms with E-state index in [1.54, 1.807) is 0 Å². The molecule has 2 unspecified atom stereocenters. The first-order valence-electron chi connectivity index (χ1n) is 6.56. The Bertz CT molecular complexity index is 528. The second kappa shape index (κ2) is 6.34. The monoisotopic (exact) mass is 274 g/mol. The lowest BCUT2D eigenvalue weighted by molar-refractivity contribution is -0.141. The van der Waals surface area contributed by atoms with E-state index in [9.17, 15) is 9.59 Å². The van der Waals surface area contributed by atoms with Gasteiger partial charge in [0.2, 0.25) is 5.91 Å². The Hall–Kier alpha value is -2.14. The molecule has 2 atom stereocenters. The molecule has 106 valence electrons. The average molecular weight is 274 g/mol. The molecule has 5 nitrogen and oxygen atoms in total. The smallest absolute Gasteiger partial charge is 0.326 e. The number of benzene rings is 1. The number of carboxylic acids is 1. The fraction of sp³-hybridized carbons (Fsp3) is 0.333. The van der Waals surface area contributed by atoms with Gasteiger partial charge in [-0.1, -0.05) is 30.3 Å². The van der Waals surface area contributed by atoms with Crippen LogP contribution in [0.2, 0.25) is 0 Å². The molecule has 0 saturated carbocycles. The molecule has 0 aliphatic carbocycles. The van der Waals surface area contributed by atoms with Crippen LogP contribution in [0, 0.1) is 0 Å². The molecular formula is C15H18N2O3. The summed E-state index contributed by atoms with van der Waals surface area (Å²) < 4.78 is 0. The van der Waals surface area contributed by atoms with Gasteiger partial charge in [0.05, 0.1) is 5.92 Å². The van der Waals surface area contributed by atoms with Crippen LogP contribution in [0.25, 0.3) is 0 Å². The Morgan fingerprint density at radius 1 is 1.50 bits per heavy atom. The number of aliphatic carboxylic acids is 1. The van der Waals surface area contributed by atoms with Crippen molar-refractivity contribution >= 4 is 11.9 Å². The van der Waals surface area contributed by atoms with Gasteiger partial charge in [0.15, 0.2) is 0 Å². The summed E-state index contributed by atoms with van der Waals surface area (Å²) in [5.41, 5.74) is 2.04. The van der Waals surface area contributed by atoms with Crippen LogP contribution in [0.3, 0.4) is 0 Å². The van der Waals surface area contributed by atoms with Crippen molar-refractivity contribution in [2.24, 2.45) is 0 Å². The average Bonchev–Trinajstić information content (AvgIpc) is 2.46. The first-order valence-corrected chi connectivity index (χ1v) is 6.56. The Morgan fingerprint density at radius 3 is 2.95 bits per heavy atom. The summed E-state index contributed by atoms with van der Waals surface area (Å²) in [5, 5.41) is 14.8. The third-order valence-corrected chi connectivity index (χ3v) is 3.43. The lowest BCUT2D eigenvalue weighted by Gasteiger charge is -2.26. The van der Waals surface area contributed by atoms with E-state index in [4.69, 9.17) is 5.11 Å². The van der Waals surface area contributed by atoms with Crippen LogP contribution in [0.5, 0.6) is 0 Å². The maximum Gasteiger partial charge on any atom is 0.326 e. The van der Waals surface area contributed by atoms with Gasteiger partial charge in [0.25, 0.3) is 0 Å². The maximum absolute atomic E-state index is 12.3. The molecule has 0 bridgehead atoms. The second-order valence-corrected chi connectivity index (χ2v) is 4.81. The van der Waals surface area contributed by atoms with Gasteiger partial charge in [-0.2, -0.15) is 0 Å². The molecule has 1 amide bonds. The number of rotatable bonds is 5. The largest absolute Gasteiger partial charge is 0.480 e. The van der Waals surface area contributed by atoms with E-state index in [2.05, 4.69) is 17.2 Å². The van der Waals surface area contributed by atoms with Crippen molar-refractivity contribution < 1.29 is 14.7 Å². The summed E-state index contributed by atoms with van der Waals surface area (Å²) in [7, 11) is 0. The zero-order valence-corrected chi connectivity index (χ0v) is 11.1. The molecule has 0 aromatic heterocycles. The van der Waals surface area contributed by atoms with E-state index >= 15 is 0 Å². The van der Waals surface area contributed by atoms with Crippen molar-refractivity contribution in [3.63, 3.8) is 0 Å². The first kappa shape index (κ1) is 14.3. The molecule has 1 aromatic carbocycles. The number of carbonyl (C=O) groups is 2. The standard InChI is InChI=1S/C15H18N2O3/c1-2-5-13(15(19)20)17-14(18)12-9-16-8-10-6-3-4-7-11(10)12/h2-4,6-7,12-13,16H,1,5,8-9H2,(H,17,18)(H,19,20). The van der Waals surface area contributed by atoms with Crippen LogP contribution in [0.4, 0.5) is 0 Å². The predicted molar refractivity (Wildman–Crippen MR) is 75.3 cm³/mol. The van der Waals surface area contributed by atoms with Crippen LogP contribution in [-0.4, -0.2) is 29.6 Å². The van der Waals surface area contributed by atoms with Gasteiger partial charge in [0.1, 0.15) is 6.04 Å². The number of carbonyl (C=O) groups excluding carboxylic acids is 1. The third-order valence-electron chi connectivity index (χ3n) is 3.43. The zero-order chi connectivity index (χ0) is 14.5. The molecule has 1 aliphatic rings. The van der Waals surface area contributed by atoms with Gasteiger partial charge in [-0.15, -0.1) is 6.58 Å². The minimum atomic E-state index is -1.05. The van der Waals surface area contributed by atoms with Crippen molar-refractivity contribution in [2.75, 3.05) is 6.54 Å². The van der Waals surface area contributed by atoms with E-state index in [-0.39, 0.29) is 18.2 Å². The molecule has 0 radical (unpaired) electrons. The van der Waals surface area contributed by atoms with Crippen molar-refractivity contribution in [3.8, 4) is 0 Å². The number of amides is 1. The number of hydrogen-bond acceptors (Lipinski definition) is 3. The maximum atomic E-state index is 12.3. The predicted octanol–water partition coefficient (Wildman–Crippen LogP) is 1.02. The number of fused-ring (bicyclic) bond motifs is 1. The topological polar surface area (TPSA) is 78.4 Å². The molecule has 20 heavy (non-hydrogen) atoms. The van der Waals surface area contributed by atoms with Crippen molar-refractivity contribution in [1.29, 1.82) is 0 Å². The minimum absolute atomic E-state index is 0.211. The van der Waals surface area contributed by atoms with Crippen LogP contribution in [0.1, 0.15) is 23.5 Å². The minimum Gasteiger partial charge on any atom is -0.480 e. The SMILES string of the molecule is C=CCC(NC(=O)C1CNCc2ccccc21)C(=O)O. The second-order valence-electron chi connectivity index (χ2n) is 4.81. The van der Waals surface area contributed by atoms with Crippen LogP contribution in [-0.2, 0) is 16.1 Å². The Labute approximate surface area is 117 Å². The summed E-state index contributed by atoms with van der Waals surface area (Å²) in [6.07, 6.45) is 1.70. The van der Waals surface area contributed by atoms with Crippen LogP contribution in [0.15, 0.2) is 36.9 Å². The summed E-state index contributed by atoms with van der Waals surface area (Å²) in [6, 6.07) is 6.79. The fourth-order valence-electron chi connectivity index (χ4n) is 2.39. The van der Waals surface area contributed by atoms with Crippen LogP contribution < -0.4 is 10.6 Å². The van der Waals surface area contributed by atoms with Gasteiger partial charge in [-0.3, -0.25) is 4.79 Å². The van der Waals surface area contributed by atoms with E-state index < -0.39 is 12.0 Å². The first-order chi connectivity index (χ1) is 9.63. The molecule has 0 fully saturated rings. The van der Waals surface area contributed by atoms with E-state index in [0.29, 0.717) is 6.54 Å². The summed E-state index contributed by atoms with van der Waals surface area (Å²) in [4.78, 5) is 23.4. The molecule has 3 N–H and O–H groups in total. The van der Waals surface area contributed by atoms with E-state index in [1.807, 2.05) is 24.3 Å². The Kier molecular flexibility index (Phi) is 4.53. The van der Waals surface area contributed by atoms with E-state index in [1.165, 1.54) is 6.08 Å². The fourth-order valence-corrected chi connectivity index (χ4v) is 2.39. The lowest BCUT2D eigenvalue weighted by Crippen LogP contribution is -2.46. The molecule has 1 heterocycles. The molecule has 5 heteroatoms. The molecule has 1 aromatic rings. The molecule has 0 spiro atoms. The van der Waals surface area contributed by atoms with Gasteiger partial charge in [-0.05, 0) is 17.5 Å². The Morgan fingerprint density at radius 2 is 2.25 bits per heavy atom. The highest BCUT2D eigenvalue weighted by molar-refractivity contribution is 5.88. The zero-order valence-electron chi connectivity index (χ0n) is 11.1. The summed E-state index contributed by atoms with van der Waals surface area (Å²) in [6.45, 7) is 4.76. The highest BCUT2D eigenvalue weighted by Crippen LogP contribution is 2.24. The van der Waals surface area contributed by atoms with Crippen molar-refractivity contribution in [2.45, 2.75) is 24.9 Å². The Balaban J connectivity index is 2.14. The summed E-state index contributed by atoms with van der Waals surface area (Å²) in [5.74, 6) is -1.67. The normalized spacial score (nSPS) is 18.7. The lowest BCUT2D eigenvalue weighted by atomic mass is 9.90. The van der Waals surface area contributed by atoms with Gasteiger partial charge in [-0.25, -0.2) is 4.79 Å². The quantitative estimate of drug-likeness (QED) is 0.700. The number of hydrogen-bond donors (Lipinski definition) is 3. The van der Waals surface area contributed by atoms with Gasteiger partial charge < -0.3 is 15.7 Å². The third kappa shape index (κ3) is 3.05. The van der Waals surface area contributed by atoms with Crippen molar-refractivity contribution in [1.82, 2.24) is 10.6 Å². The van der Waals surface area contributed by atoms with Crippen LogP contribution >= 0.6 is 0 Å². The molecular weight excluding hydrogens is 256 g/mol. The van der Waals surface area contributed by atoms with Gasteiger partial charge >= 0.3 is 5.97 Å². The number of carboxylic acid groups (broad SMARTS) is 1.